The molecule has 0 aromatic heterocycles. The highest BCUT2D eigenvalue weighted by atomic mass is 16.5. The van der Waals surface area contributed by atoms with Gasteiger partial charge in [-0.3, -0.25) is 4.79 Å². The van der Waals surface area contributed by atoms with Crippen LogP contribution in [-0.4, -0.2) is 52.6 Å². The Labute approximate surface area is 298 Å². The molecule has 7 heteroatoms. The number of nitrogens with one attached hydrogen (secondary N) is 1. The van der Waals surface area contributed by atoms with E-state index < -0.39 is 17.1 Å². The predicted molar refractivity (Wildman–Crippen MR) is 200 cm³/mol. The molecule has 0 amide bonds. The first-order chi connectivity index (χ1) is 24.0. The molecule has 0 radical (unpaired) electrons. The highest BCUT2D eigenvalue weighted by Crippen LogP contribution is 2.63. The predicted octanol–water partition coefficient (Wildman–Crippen LogP) is 6.53. The lowest BCUT2D eigenvalue weighted by atomic mass is 9.52. The molecule has 5 rings (SSSR count). The topological polar surface area (TPSA) is 125 Å². The first kappa shape index (κ1) is 37.7. The minimum Gasteiger partial charge on any atom is -0.396 e. The van der Waals surface area contributed by atoms with Crippen molar-refractivity contribution in [1.82, 2.24) is 5.32 Å². The van der Waals surface area contributed by atoms with E-state index in [1.807, 2.05) is 62.6 Å². The number of ether oxygens (including phenoxy) is 1. The van der Waals surface area contributed by atoms with E-state index in [2.05, 4.69) is 36.7 Å². The van der Waals surface area contributed by atoms with Crippen molar-refractivity contribution in [2.75, 3.05) is 19.8 Å². The molecule has 6 N–H and O–H groups in total. The second kappa shape index (κ2) is 16.7. The van der Waals surface area contributed by atoms with Gasteiger partial charge in [-0.1, -0.05) is 77.6 Å². The summed E-state index contributed by atoms with van der Waals surface area (Å²) >= 11 is 0. The van der Waals surface area contributed by atoms with E-state index in [9.17, 15) is 20.1 Å². The van der Waals surface area contributed by atoms with Crippen LogP contribution in [0.15, 0.2) is 83.1 Å². The molecule has 1 aromatic carbocycles. The summed E-state index contributed by atoms with van der Waals surface area (Å²) in [6, 6.07) is 5.91. The summed E-state index contributed by atoms with van der Waals surface area (Å²) in [5.41, 5.74) is 12.0. The van der Waals surface area contributed by atoms with Crippen molar-refractivity contribution in [3.05, 3.63) is 99.8 Å². The molecule has 4 aliphatic rings. The van der Waals surface area contributed by atoms with Gasteiger partial charge in [0.15, 0.2) is 5.78 Å². The maximum Gasteiger partial charge on any atom is 0.162 e. The molecule has 0 saturated heterocycles. The molecule has 7 nitrogen and oxygen atoms in total. The van der Waals surface area contributed by atoms with Crippen LogP contribution in [0.1, 0.15) is 101 Å². The monoisotopic (exact) mass is 680 g/mol. The quantitative estimate of drug-likeness (QED) is 0.126. The number of ketones is 1. The molecule has 0 unspecified atom stereocenters. The molecule has 2 heterocycles. The molecule has 2 fully saturated rings. The van der Waals surface area contributed by atoms with Crippen LogP contribution < -0.4 is 11.1 Å². The number of carbonyl (C=O) groups excluding carboxylic acids is 1. The van der Waals surface area contributed by atoms with Gasteiger partial charge in [0.1, 0.15) is 12.8 Å². The lowest BCUT2D eigenvalue weighted by molar-refractivity contribution is -0.167. The van der Waals surface area contributed by atoms with Crippen molar-refractivity contribution >= 4 is 11.9 Å². The summed E-state index contributed by atoms with van der Waals surface area (Å²) in [6.07, 6.45) is 16.9. The standard InChI is InChI=1S/C43H56N2O5/c1-29-11-5-6-26-50-28-33(16-8-14-30(2)13-7-12-29)36-20-23-43(40(36)48)38(18-10-25-46)34(19-22-42(43,4)49)31(3)39(47)27-32-15-9-17-37-35(32)21-24-45-41(37)44/h8-9,12,14-17,21,24,36,38,40-41,45-46,48-49H,2,7,10-11,13,18-20,22-23,25-28,44H2,1,3-4H3/b14-8-,29-12+,33-16+,34-31+/t36-,38-,40-,41-,42-,43-/m1/s1. The van der Waals surface area contributed by atoms with E-state index in [-0.39, 0.29) is 36.8 Å². The zero-order valence-electron chi connectivity index (χ0n) is 30.1. The first-order valence-electron chi connectivity index (χ1n) is 18.3. The van der Waals surface area contributed by atoms with Crippen molar-refractivity contribution < 1.29 is 24.9 Å². The van der Waals surface area contributed by atoms with Crippen molar-refractivity contribution in [1.29, 1.82) is 0 Å². The molecule has 2 saturated carbocycles. The van der Waals surface area contributed by atoms with Crippen LogP contribution in [0, 0.1) is 29.1 Å². The normalized spacial score (nSPS) is 34.1. The highest BCUT2D eigenvalue weighted by molar-refractivity contribution is 5.97. The fraction of sp³-hybridized carbons (Fsp3) is 0.512. The van der Waals surface area contributed by atoms with Gasteiger partial charge >= 0.3 is 0 Å². The van der Waals surface area contributed by atoms with Crippen molar-refractivity contribution in [2.45, 2.75) is 103 Å². The largest absolute Gasteiger partial charge is 0.396 e. The van der Waals surface area contributed by atoms with Gasteiger partial charge in [0.25, 0.3) is 0 Å². The molecule has 2 aliphatic heterocycles. The van der Waals surface area contributed by atoms with Gasteiger partial charge in [0.2, 0.25) is 0 Å². The van der Waals surface area contributed by atoms with Gasteiger partial charge in [-0.25, -0.2) is 0 Å². The van der Waals surface area contributed by atoms with Crippen LogP contribution in [0.5, 0.6) is 0 Å². The number of aliphatic hydroxyl groups is 3. The maximum absolute atomic E-state index is 14.1. The van der Waals surface area contributed by atoms with Crippen LogP contribution in [-0.2, 0) is 16.0 Å². The van der Waals surface area contributed by atoms with E-state index in [1.165, 1.54) is 5.57 Å². The lowest BCUT2D eigenvalue weighted by Crippen LogP contribution is -2.59. The number of aliphatic hydroxyl groups excluding tert-OH is 2. The Kier molecular flexibility index (Phi) is 12.6. The second-order valence-electron chi connectivity index (χ2n) is 14.8. The zero-order valence-corrected chi connectivity index (χ0v) is 30.1. The van der Waals surface area contributed by atoms with Gasteiger partial charge in [0, 0.05) is 30.8 Å². The number of rotatable bonds is 7. The van der Waals surface area contributed by atoms with Gasteiger partial charge < -0.3 is 31.1 Å². The number of carbonyl (C=O) groups is 1. The first-order valence-corrected chi connectivity index (χ1v) is 18.3. The van der Waals surface area contributed by atoms with E-state index >= 15 is 0 Å². The molecule has 50 heavy (non-hydrogen) atoms. The van der Waals surface area contributed by atoms with Gasteiger partial charge in [0.05, 0.1) is 18.3 Å². The summed E-state index contributed by atoms with van der Waals surface area (Å²) in [7, 11) is 0. The lowest BCUT2D eigenvalue weighted by Gasteiger charge is -2.55. The number of hydrogen-bond donors (Lipinski definition) is 5. The molecule has 6 atom stereocenters. The average molecular weight is 681 g/mol. The fourth-order valence-corrected chi connectivity index (χ4v) is 8.85. The van der Waals surface area contributed by atoms with E-state index in [1.54, 1.807) is 0 Å². The average Bonchev–Trinajstić information content (AvgIpc) is 3.43. The minimum absolute atomic E-state index is 0.00491. The summed E-state index contributed by atoms with van der Waals surface area (Å²) in [5, 5.41) is 37.9. The van der Waals surface area contributed by atoms with E-state index in [0.29, 0.717) is 63.7 Å². The Hall–Kier alpha value is -3.51. The SMILES string of the molecule is C=C1/C=C\C=C(\[C@H]2CC[C@@]3([C@H](CCCO)/C(=C(\C)C(=O)Cc4cccc5c4C=CN[C@H]5N)CC[C@@]3(C)O)[C@@H]2O)COCC#CC/C(C)=C/CC1. The Morgan fingerprint density at radius 2 is 2.02 bits per heavy atom. The van der Waals surface area contributed by atoms with Gasteiger partial charge in [-0.05, 0) is 118 Å². The third-order valence-electron chi connectivity index (χ3n) is 11.7. The maximum atomic E-state index is 14.1. The molecule has 2 aliphatic carbocycles. The number of nitrogens with two attached hydrogens (primary N) is 1. The van der Waals surface area contributed by atoms with Crippen LogP contribution >= 0.6 is 0 Å². The van der Waals surface area contributed by atoms with Crippen LogP contribution in [0.3, 0.4) is 0 Å². The molecule has 1 spiro atoms. The number of allylic oxidation sites excluding steroid dienone is 8. The number of fused-ring (bicyclic) bond motifs is 1. The van der Waals surface area contributed by atoms with Gasteiger partial charge in [-0.15, -0.1) is 0 Å². The number of benzene rings is 1. The smallest absolute Gasteiger partial charge is 0.162 e. The fourth-order valence-electron chi connectivity index (χ4n) is 8.85. The number of Topliss-reactive ketones (excluding diaryl/α,β-unsaturated/α-hetero) is 1. The molecular weight excluding hydrogens is 624 g/mol. The van der Waals surface area contributed by atoms with Crippen LogP contribution in [0.25, 0.3) is 6.08 Å². The Bertz CT molecular complexity index is 1650. The van der Waals surface area contributed by atoms with E-state index in [4.69, 9.17) is 10.5 Å². The van der Waals surface area contributed by atoms with Crippen LogP contribution in [0.2, 0.25) is 0 Å². The Morgan fingerprint density at radius 3 is 2.82 bits per heavy atom. The summed E-state index contributed by atoms with van der Waals surface area (Å²) in [4.78, 5) is 14.1. The minimum atomic E-state index is -1.18. The van der Waals surface area contributed by atoms with Crippen molar-refractivity contribution in [2.24, 2.45) is 23.0 Å². The highest BCUT2D eigenvalue weighted by Gasteiger charge is 2.64. The van der Waals surface area contributed by atoms with Crippen molar-refractivity contribution in [3.63, 3.8) is 0 Å². The zero-order chi connectivity index (χ0) is 35.9. The Balaban J connectivity index is 1.47. The second-order valence-corrected chi connectivity index (χ2v) is 14.8. The molecule has 0 bridgehead atoms. The summed E-state index contributed by atoms with van der Waals surface area (Å²) in [5.74, 6) is 5.83. The molecule has 1 aromatic rings. The molecular formula is C43H56N2O5. The third-order valence-corrected chi connectivity index (χ3v) is 11.7. The Morgan fingerprint density at radius 1 is 1.20 bits per heavy atom. The van der Waals surface area contributed by atoms with Gasteiger partial charge in [-0.2, -0.15) is 0 Å². The number of hydrogen-bond acceptors (Lipinski definition) is 7. The molecule has 268 valence electrons. The van der Waals surface area contributed by atoms with Crippen LogP contribution in [0.4, 0.5) is 0 Å². The summed E-state index contributed by atoms with van der Waals surface area (Å²) in [6.45, 7) is 10.7. The summed E-state index contributed by atoms with van der Waals surface area (Å²) < 4.78 is 6.06. The van der Waals surface area contributed by atoms with Crippen molar-refractivity contribution in [3.8, 4) is 11.8 Å². The third kappa shape index (κ3) is 8.01. The van der Waals surface area contributed by atoms with E-state index in [0.717, 1.165) is 46.3 Å².